The Bertz CT molecular complexity index is 471. The van der Waals surface area contributed by atoms with Gasteiger partial charge in [0.2, 0.25) is 0 Å². The van der Waals surface area contributed by atoms with Crippen LogP contribution in [-0.4, -0.2) is 9.97 Å². The van der Waals surface area contributed by atoms with Gasteiger partial charge < -0.3 is 0 Å². The number of halogens is 2. The minimum Gasteiger partial charge on any atom is -0.241 e. The van der Waals surface area contributed by atoms with Crippen molar-refractivity contribution in [2.75, 3.05) is 0 Å². The number of fused-ring (bicyclic) bond motifs is 1. The summed E-state index contributed by atoms with van der Waals surface area (Å²) in [6.45, 7) is 5.94. The van der Waals surface area contributed by atoms with E-state index in [1.165, 1.54) is 0 Å². The highest BCUT2D eigenvalue weighted by Gasteiger charge is 2.04. The lowest BCUT2D eigenvalue weighted by Gasteiger charge is -2.02. The number of aromatic nitrogens is 2. The van der Waals surface area contributed by atoms with E-state index in [4.69, 9.17) is 11.6 Å². The van der Waals surface area contributed by atoms with Gasteiger partial charge in [-0.2, -0.15) is 0 Å². The summed E-state index contributed by atoms with van der Waals surface area (Å²) in [5.41, 5.74) is 1.84. The van der Waals surface area contributed by atoms with Crippen LogP contribution in [0.25, 0.3) is 10.9 Å². The molecule has 1 aromatic heterocycles. The topological polar surface area (TPSA) is 25.8 Å². The van der Waals surface area contributed by atoms with Crippen LogP contribution in [0.4, 0.5) is 0 Å². The maximum Gasteiger partial charge on any atom is 0.116 e. The largest absolute Gasteiger partial charge is 0.241 e. The summed E-state index contributed by atoms with van der Waals surface area (Å²) in [5, 5.41) is 1.68. The van der Waals surface area contributed by atoms with E-state index < -0.39 is 0 Å². The summed E-state index contributed by atoms with van der Waals surface area (Å²) in [6.07, 6.45) is 1.55. The smallest absolute Gasteiger partial charge is 0.116 e. The fourth-order valence-corrected chi connectivity index (χ4v) is 2.13. The quantitative estimate of drug-likeness (QED) is 0.718. The monoisotopic (exact) mass is 286 g/mol. The Balaban J connectivity index is 0.000000531. The minimum absolute atomic E-state index is 0.692. The zero-order valence-electron chi connectivity index (χ0n) is 8.88. The summed E-state index contributed by atoms with van der Waals surface area (Å²) < 4.78 is 0.903. The second-order valence-electron chi connectivity index (χ2n) is 2.74. The number of hydrogen-bond donors (Lipinski definition) is 0. The Labute approximate surface area is 103 Å². The van der Waals surface area contributed by atoms with Crippen LogP contribution in [0.15, 0.2) is 22.9 Å². The molecular formula is C11H12BrClN2. The molecular weight excluding hydrogens is 275 g/mol. The summed E-state index contributed by atoms with van der Waals surface area (Å²) in [4.78, 5) is 8.27. The van der Waals surface area contributed by atoms with E-state index in [1.807, 2.05) is 32.9 Å². The molecule has 2 nitrogen and oxygen atoms in total. The molecule has 0 saturated carbocycles. The first kappa shape index (κ1) is 12.4. The van der Waals surface area contributed by atoms with Crippen molar-refractivity contribution in [3.63, 3.8) is 0 Å². The molecule has 15 heavy (non-hydrogen) atoms. The number of hydrogen-bond acceptors (Lipinski definition) is 2. The summed E-state index contributed by atoms with van der Waals surface area (Å²) in [7, 11) is 0. The van der Waals surface area contributed by atoms with E-state index in [9.17, 15) is 0 Å². The van der Waals surface area contributed by atoms with E-state index in [0.717, 1.165) is 21.1 Å². The fraction of sp³-hybridized carbons (Fsp3) is 0.273. The van der Waals surface area contributed by atoms with Crippen molar-refractivity contribution in [3.05, 3.63) is 33.6 Å². The van der Waals surface area contributed by atoms with Gasteiger partial charge in [0, 0.05) is 20.6 Å². The van der Waals surface area contributed by atoms with Gasteiger partial charge in [-0.25, -0.2) is 9.97 Å². The van der Waals surface area contributed by atoms with E-state index in [1.54, 1.807) is 6.33 Å². The second kappa shape index (κ2) is 5.42. The Hall–Kier alpha value is -0.670. The molecule has 0 aliphatic carbocycles. The van der Waals surface area contributed by atoms with Gasteiger partial charge in [-0.05, 0) is 35.0 Å². The van der Waals surface area contributed by atoms with Gasteiger partial charge in [-0.1, -0.05) is 25.4 Å². The molecule has 2 aromatic rings. The highest BCUT2D eigenvalue weighted by atomic mass is 79.9. The molecule has 0 amide bonds. The predicted molar refractivity (Wildman–Crippen MR) is 68.3 cm³/mol. The first-order valence-corrected chi connectivity index (χ1v) is 5.92. The Morgan fingerprint density at radius 1 is 1.20 bits per heavy atom. The van der Waals surface area contributed by atoms with Crippen molar-refractivity contribution < 1.29 is 0 Å². The first-order valence-electron chi connectivity index (χ1n) is 4.75. The van der Waals surface area contributed by atoms with Crippen LogP contribution < -0.4 is 0 Å². The average Bonchev–Trinajstić information content (AvgIpc) is 2.23. The van der Waals surface area contributed by atoms with Gasteiger partial charge in [0.05, 0.1) is 5.52 Å². The Morgan fingerprint density at radius 2 is 1.87 bits per heavy atom. The summed E-state index contributed by atoms with van der Waals surface area (Å²) >= 11 is 9.32. The third kappa shape index (κ3) is 2.67. The highest BCUT2D eigenvalue weighted by molar-refractivity contribution is 9.10. The molecule has 0 fully saturated rings. The van der Waals surface area contributed by atoms with Crippen molar-refractivity contribution in [1.29, 1.82) is 0 Å². The van der Waals surface area contributed by atoms with Gasteiger partial charge in [-0.3, -0.25) is 0 Å². The van der Waals surface area contributed by atoms with Crippen molar-refractivity contribution in [2.24, 2.45) is 0 Å². The van der Waals surface area contributed by atoms with Crippen LogP contribution in [0.2, 0.25) is 5.02 Å². The third-order valence-electron chi connectivity index (χ3n) is 1.86. The summed E-state index contributed by atoms with van der Waals surface area (Å²) in [6, 6.07) is 3.70. The van der Waals surface area contributed by atoms with Crippen LogP contribution in [-0.2, 0) is 0 Å². The van der Waals surface area contributed by atoms with Gasteiger partial charge >= 0.3 is 0 Å². The Morgan fingerprint density at radius 3 is 2.53 bits per heavy atom. The molecule has 0 spiro atoms. The van der Waals surface area contributed by atoms with Crippen molar-refractivity contribution >= 4 is 38.4 Å². The van der Waals surface area contributed by atoms with Crippen molar-refractivity contribution in [2.45, 2.75) is 20.8 Å². The van der Waals surface area contributed by atoms with Gasteiger partial charge in [0.25, 0.3) is 0 Å². The average molecular weight is 288 g/mol. The molecule has 0 atom stereocenters. The van der Waals surface area contributed by atoms with Crippen LogP contribution in [0.5, 0.6) is 0 Å². The van der Waals surface area contributed by atoms with Gasteiger partial charge in [0.15, 0.2) is 0 Å². The van der Waals surface area contributed by atoms with Crippen LogP contribution in [0.3, 0.4) is 0 Å². The van der Waals surface area contributed by atoms with Gasteiger partial charge in [0.1, 0.15) is 6.33 Å². The lowest BCUT2D eigenvalue weighted by molar-refractivity contribution is 1.15. The third-order valence-corrected chi connectivity index (χ3v) is 2.68. The van der Waals surface area contributed by atoms with Crippen molar-refractivity contribution in [1.82, 2.24) is 9.97 Å². The standard InChI is InChI=1S/C9H6BrClN2.C2H6/c1-5-7-2-6(11)3-8(10)9(7)13-4-12-5;1-2/h2-4H,1H3;1-2H3. The number of benzene rings is 1. The minimum atomic E-state index is 0.692. The molecule has 0 unspecified atom stereocenters. The molecule has 2 rings (SSSR count). The highest BCUT2D eigenvalue weighted by Crippen LogP contribution is 2.27. The van der Waals surface area contributed by atoms with E-state index in [-0.39, 0.29) is 0 Å². The van der Waals surface area contributed by atoms with Crippen LogP contribution >= 0.6 is 27.5 Å². The zero-order chi connectivity index (χ0) is 11.4. The Kier molecular flexibility index (Phi) is 4.48. The molecule has 0 bridgehead atoms. The van der Waals surface area contributed by atoms with E-state index in [2.05, 4.69) is 25.9 Å². The molecule has 0 radical (unpaired) electrons. The molecule has 0 N–H and O–H groups in total. The molecule has 1 heterocycles. The number of aryl methyl sites for hydroxylation is 1. The molecule has 4 heteroatoms. The van der Waals surface area contributed by atoms with Crippen molar-refractivity contribution in [3.8, 4) is 0 Å². The fourth-order valence-electron chi connectivity index (χ4n) is 1.22. The predicted octanol–water partition coefficient (Wildman–Crippen LogP) is 4.38. The first-order chi connectivity index (χ1) is 7.18. The summed E-state index contributed by atoms with van der Waals surface area (Å²) in [5.74, 6) is 0. The van der Waals surface area contributed by atoms with E-state index in [0.29, 0.717) is 5.02 Å². The SMILES string of the molecule is CC.Cc1ncnc2c(Br)cc(Cl)cc12. The lowest BCUT2D eigenvalue weighted by atomic mass is 10.2. The normalized spacial score (nSPS) is 9.67. The second-order valence-corrected chi connectivity index (χ2v) is 4.03. The number of nitrogens with zero attached hydrogens (tertiary/aromatic N) is 2. The molecule has 1 aromatic carbocycles. The maximum absolute atomic E-state index is 5.91. The molecule has 80 valence electrons. The van der Waals surface area contributed by atoms with Crippen LogP contribution in [0.1, 0.15) is 19.5 Å². The molecule has 0 saturated heterocycles. The van der Waals surface area contributed by atoms with Gasteiger partial charge in [-0.15, -0.1) is 0 Å². The van der Waals surface area contributed by atoms with Crippen LogP contribution in [0, 0.1) is 6.92 Å². The maximum atomic E-state index is 5.91. The molecule has 0 aliphatic heterocycles. The number of rotatable bonds is 0. The lowest BCUT2D eigenvalue weighted by Crippen LogP contribution is -1.87. The molecule has 0 aliphatic rings. The zero-order valence-corrected chi connectivity index (χ0v) is 11.2. The van der Waals surface area contributed by atoms with E-state index >= 15 is 0 Å².